The topological polar surface area (TPSA) is 43.8 Å². The molecule has 1 unspecified atom stereocenters. The zero-order valence-electron chi connectivity index (χ0n) is 10.0. The average molecular weight is 219 g/mol. The number of allylic oxidation sites excluding steroid dienone is 1. The molecule has 88 valence electrons. The summed E-state index contributed by atoms with van der Waals surface area (Å²) in [6.07, 6.45) is 9.99. The first-order chi connectivity index (χ1) is 7.81. The molecular formula is C13H21N3. The van der Waals surface area contributed by atoms with Gasteiger partial charge in [0.1, 0.15) is 0 Å². The maximum atomic E-state index is 6.05. The molecule has 1 atom stereocenters. The number of aromatic nitrogens is 2. The Kier molecular flexibility index (Phi) is 3.78. The van der Waals surface area contributed by atoms with E-state index in [9.17, 15) is 0 Å². The molecule has 2 rings (SSSR count). The maximum Gasteiger partial charge on any atom is 0.0639 e. The van der Waals surface area contributed by atoms with Gasteiger partial charge in [0.15, 0.2) is 0 Å². The summed E-state index contributed by atoms with van der Waals surface area (Å²) in [6.45, 7) is 3.17. The molecule has 3 nitrogen and oxygen atoms in total. The van der Waals surface area contributed by atoms with Crippen LogP contribution >= 0.6 is 0 Å². The molecule has 1 aromatic rings. The van der Waals surface area contributed by atoms with E-state index in [1.165, 1.54) is 24.1 Å². The van der Waals surface area contributed by atoms with Crippen LogP contribution in [0.2, 0.25) is 0 Å². The quantitative estimate of drug-likeness (QED) is 0.849. The smallest absolute Gasteiger partial charge is 0.0639 e. The number of nitrogens with zero attached hydrogens (tertiary/aromatic N) is 2. The Morgan fingerprint density at radius 1 is 1.50 bits per heavy atom. The summed E-state index contributed by atoms with van der Waals surface area (Å²) in [5.74, 6) is 0. The summed E-state index contributed by atoms with van der Waals surface area (Å²) >= 11 is 0. The summed E-state index contributed by atoms with van der Waals surface area (Å²) in [4.78, 5) is 0. The van der Waals surface area contributed by atoms with Gasteiger partial charge in [-0.05, 0) is 37.3 Å². The van der Waals surface area contributed by atoms with Crippen molar-refractivity contribution in [3.8, 4) is 0 Å². The van der Waals surface area contributed by atoms with E-state index in [-0.39, 0.29) is 6.04 Å². The van der Waals surface area contributed by atoms with E-state index >= 15 is 0 Å². The normalized spacial score (nSPS) is 21.6. The predicted molar refractivity (Wildman–Crippen MR) is 66.9 cm³/mol. The predicted octanol–water partition coefficient (Wildman–Crippen LogP) is 2.58. The standard InChI is InChI=1S/C13H21N3/c1-2-9-16-13(7-8-15-16)11-5-3-4-6-12(14)10-11/h7-8,10,12H,2-6,9,14H2,1H3. The molecule has 0 fully saturated rings. The SMILES string of the molecule is CCCn1nccc1C1=CC(N)CCCC1. The lowest BCUT2D eigenvalue weighted by atomic mass is 10.1. The minimum absolute atomic E-state index is 0.225. The highest BCUT2D eigenvalue weighted by Gasteiger charge is 2.13. The van der Waals surface area contributed by atoms with Crippen molar-refractivity contribution in [3.63, 3.8) is 0 Å². The number of rotatable bonds is 3. The summed E-state index contributed by atoms with van der Waals surface area (Å²) in [7, 11) is 0. The van der Waals surface area contributed by atoms with Crippen LogP contribution in [-0.4, -0.2) is 15.8 Å². The van der Waals surface area contributed by atoms with E-state index in [0.717, 1.165) is 25.8 Å². The largest absolute Gasteiger partial charge is 0.324 e. The molecule has 0 aromatic carbocycles. The second-order valence-electron chi connectivity index (χ2n) is 4.54. The van der Waals surface area contributed by atoms with Gasteiger partial charge in [0.2, 0.25) is 0 Å². The van der Waals surface area contributed by atoms with Gasteiger partial charge in [0, 0.05) is 18.8 Å². The van der Waals surface area contributed by atoms with Gasteiger partial charge in [-0.2, -0.15) is 5.10 Å². The first-order valence-electron chi connectivity index (χ1n) is 6.29. The minimum atomic E-state index is 0.225. The Morgan fingerprint density at radius 3 is 3.19 bits per heavy atom. The molecule has 3 heteroatoms. The first kappa shape index (κ1) is 11.4. The second kappa shape index (κ2) is 5.30. The Bertz CT molecular complexity index is 365. The monoisotopic (exact) mass is 219 g/mol. The van der Waals surface area contributed by atoms with Crippen molar-refractivity contribution < 1.29 is 0 Å². The first-order valence-corrected chi connectivity index (χ1v) is 6.29. The Balaban J connectivity index is 2.24. The highest BCUT2D eigenvalue weighted by Crippen LogP contribution is 2.25. The van der Waals surface area contributed by atoms with E-state index in [1.807, 2.05) is 6.20 Å². The van der Waals surface area contributed by atoms with Crippen LogP contribution in [0.1, 0.15) is 44.7 Å². The van der Waals surface area contributed by atoms with Crippen molar-refractivity contribution in [2.45, 2.75) is 51.6 Å². The van der Waals surface area contributed by atoms with Crippen molar-refractivity contribution in [1.29, 1.82) is 0 Å². The van der Waals surface area contributed by atoms with E-state index in [0.29, 0.717) is 0 Å². The minimum Gasteiger partial charge on any atom is -0.324 e. The zero-order chi connectivity index (χ0) is 11.4. The Morgan fingerprint density at radius 2 is 2.38 bits per heavy atom. The summed E-state index contributed by atoms with van der Waals surface area (Å²) in [6, 6.07) is 2.34. The van der Waals surface area contributed by atoms with Crippen LogP contribution in [0.3, 0.4) is 0 Å². The number of hydrogen-bond acceptors (Lipinski definition) is 2. The Hall–Kier alpha value is -1.09. The van der Waals surface area contributed by atoms with Crippen molar-refractivity contribution in [3.05, 3.63) is 24.0 Å². The summed E-state index contributed by atoms with van der Waals surface area (Å²) < 4.78 is 2.10. The van der Waals surface area contributed by atoms with Crippen LogP contribution in [0.25, 0.3) is 5.57 Å². The van der Waals surface area contributed by atoms with E-state index in [4.69, 9.17) is 5.73 Å². The Labute approximate surface area is 97.3 Å². The van der Waals surface area contributed by atoms with Crippen molar-refractivity contribution in [1.82, 2.24) is 9.78 Å². The number of aryl methyl sites for hydroxylation is 1. The van der Waals surface area contributed by atoms with E-state index < -0.39 is 0 Å². The fraction of sp³-hybridized carbons (Fsp3) is 0.615. The van der Waals surface area contributed by atoms with Crippen LogP contribution in [0.4, 0.5) is 0 Å². The van der Waals surface area contributed by atoms with Gasteiger partial charge in [-0.25, -0.2) is 0 Å². The molecule has 0 bridgehead atoms. The molecule has 16 heavy (non-hydrogen) atoms. The lowest BCUT2D eigenvalue weighted by Gasteiger charge is -2.09. The van der Waals surface area contributed by atoms with Crippen LogP contribution in [0, 0.1) is 0 Å². The van der Waals surface area contributed by atoms with Gasteiger partial charge in [0.05, 0.1) is 5.69 Å². The van der Waals surface area contributed by atoms with Crippen LogP contribution in [0.15, 0.2) is 18.3 Å². The number of hydrogen-bond donors (Lipinski definition) is 1. The summed E-state index contributed by atoms with van der Waals surface area (Å²) in [5.41, 5.74) is 8.70. The molecule has 1 aliphatic rings. The van der Waals surface area contributed by atoms with E-state index in [1.54, 1.807) is 0 Å². The molecule has 0 saturated heterocycles. The van der Waals surface area contributed by atoms with Gasteiger partial charge in [0.25, 0.3) is 0 Å². The molecule has 0 amide bonds. The van der Waals surface area contributed by atoms with E-state index in [2.05, 4.69) is 28.8 Å². The fourth-order valence-corrected chi connectivity index (χ4v) is 2.33. The molecular weight excluding hydrogens is 198 g/mol. The number of nitrogens with two attached hydrogens (primary N) is 1. The van der Waals surface area contributed by atoms with Gasteiger partial charge in [-0.1, -0.05) is 19.4 Å². The fourth-order valence-electron chi connectivity index (χ4n) is 2.33. The average Bonchev–Trinajstić information content (AvgIpc) is 2.61. The van der Waals surface area contributed by atoms with Crippen molar-refractivity contribution in [2.24, 2.45) is 5.73 Å². The zero-order valence-corrected chi connectivity index (χ0v) is 10.0. The maximum absolute atomic E-state index is 6.05. The highest BCUT2D eigenvalue weighted by molar-refractivity contribution is 5.63. The third kappa shape index (κ3) is 2.53. The highest BCUT2D eigenvalue weighted by atomic mass is 15.3. The third-order valence-corrected chi connectivity index (χ3v) is 3.13. The van der Waals surface area contributed by atoms with Crippen molar-refractivity contribution >= 4 is 5.57 Å². The van der Waals surface area contributed by atoms with Gasteiger partial charge < -0.3 is 5.73 Å². The van der Waals surface area contributed by atoms with Crippen LogP contribution in [-0.2, 0) is 6.54 Å². The molecule has 1 aliphatic carbocycles. The second-order valence-corrected chi connectivity index (χ2v) is 4.54. The summed E-state index contributed by atoms with van der Waals surface area (Å²) in [5, 5.41) is 4.37. The molecule has 2 N–H and O–H groups in total. The third-order valence-electron chi connectivity index (χ3n) is 3.13. The molecule has 1 heterocycles. The molecule has 0 aliphatic heterocycles. The molecule has 0 radical (unpaired) electrons. The van der Waals surface area contributed by atoms with Crippen molar-refractivity contribution in [2.75, 3.05) is 0 Å². The lowest BCUT2D eigenvalue weighted by Crippen LogP contribution is -2.16. The lowest BCUT2D eigenvalue weighted by molar-refractivity contribution is 0.594. The van der Waals surface area contributed by atoms with Crippen LogP contribution in [0.5, 0.6) is 0 Å². The van der Waals surface area contributed by atoms with Gasteiger partial charge in [-0.15, -0.1) is 0 Å². The molecule has 0 spiro atoms. The molecule has 0 saturated carbocycles. The van der Waals surface area contributed by atoms with Gasteiger partial charge >= 0.3 is 0 Å². The molecule has 1 aromatic heterocycles. The van der Waals surface area contributed by atoms with Crippen LogP contribution < -0.4 is 5.73 Å². The van der Waals surface area contributed by atoms with Gasteiger partial charge in [-0.3, -0.25) is 4.68 Å².